The number of carbonyl (C=O) groups excluding carboxylic acids is 2. The second kappa shape index (κ2) is 6.79. The van der Waals surface area contributed by atoms with Gasteiger partial charge < -0.3 is 14.3 Å². The zero-order valence-electron chi connectivity index (χ0n) is 7.41. The maximum Gasteiger partial charge on any atom is 0.315 e. The summed E-state index contributed by atoms with van der Waals surface area (Å²) in [6.07, 6.45) is 0.559. The molecule has 0 fully saturated rings. The minimum atomic E-state index is -0.674. The van der Waals surface area contributed by atoms with Crippen LogP contribution in [0.5, 0.6) is 0 Å². The minimum absolute atomic E-state index is 0.213. The first-order valence-electron chi connectivity index (χ1n) is 3.92. The molecule has 0 amide bonds. The molecule has 0 radical (unpaired) electrons. The van der Waals surface area contributed by atoms with Gasteiger partial charge in [-0.05, 0) is 13.8 Å². The third kappa shape index (κ3) is 4.85. The summed E-state index contributed by atoms with van der Waals surface area (Å²) < 4.78 is 9.63. The molecule has 12 heavy (non-hydrogen) atoms. The number of rotatable bonds is 6. The molecule has 0 spiro atoms. The highest BCUT2D eigenvalue weighted by molar-refractivity contribution is 5.87. The van der Waals surface area contributed by atoms with Crippen molar-refractivity contribution < 1.29 is 19.1 Å². The second-order valence-electron chi connectivity index (χ2n) is 2.29. The van der Waals surface area contributed by atoms with E-state index in [1.54, 1.807) is 0 Å². The first-order chi connectivity index (χ1) is 5.72. The zero-order chi connectivity index (χ0) is 9.40. The topological polar surface area (TPSA) is 52.6 Å². The fourth-order valence-corrected chi connectivity index (χ4v) is 0.533. The lowest BCUT2D eigenvalue weighted by molar-refractivity contribution is -0.150. The van der Waals surface area contributed by atoms with Gasteiger partial charge in [-0.15, -0.1) is 0 Å². The van der Waals surface area contributed by atoms with Crippen molar-refractivity contribution in [3.8, 4) is 0 Å². The van der Waals surface area contributed by atoms with Crippen molar-refractivity contribution in [3.63, 3.8) is 0 Å². The van der Waals surface area contributed by atoms with Gasteiger partial charge in [0, 0.05) is 6.61 Å². The SMILES string of the molecule is CCOCCOC(=O)C(C)C=O. The van der Waals surface area contributed by atoms with Gasteiger partial charge in [0.05, 0.1) is 6.61 Å². The summed E-state index contributed by atoms with van der Waals surface area (Å²) >= 11 is 0. The normalized spacial score (nSPS) is 12.2. The van der Waals surface area contributed by atoms with Crippen molar-refractivity contribution in [2.45, 2.75) is 13.8 Å². The Hall–Kier alpha value is -0.900. The summed E-state index contributed by atoms with van der Waals surface area (Å²) in [5.41, 5.74) is 0. The highest BCUT2D eigenvalue weighted by Crippen LogP contribution is 1.93. The Morgan fingerprint density at radius 2 is 2.17 bits per heavy atom. The molecule has 0 aromatic rings. The molecule has 1 unspecified atom stereocenters. The van der Waals surface area contributed by atoms with E-state index in [9.17, 15) is 9.59 Å². The van der Waals surface area contributed by atoms with Gasteiger partial charge in [0.25, 0.3) is 0 Å². The van der Waals surface area contributed by atoms with E-state index in [-0.39, 0.29) is 6.61 Å². The largest absolute Gasteiger partial charge is 0.463 e. The lowest BCUT2D eigenvalue weighted by Gasteiger charge is -2.05. The number of aldehydes is 1. The maximum atomic E-state index is 10.8. The van der Waals surface area contributed by atoms with Crippen LogP contribution in [0.1, 0.15) is 13.8 Å². The Morgan fingerprint density at radius 3 is 2.67 bits per heavy atom. The van der Waals surface area contributed by atoms with Crippen LogP contribution < -0.4 is 0 Å². The van der Waals surface area contributed by atoms with Crippen molar-refractivity contribution >= 4 is 12.3 Å². The molecule has 0 aliphatic carbocycles. The number of hydrogen-bond donors (Lipinski definition) is 0. The number of ether oxygens (including phenoxy) is 2. The molecule has 0 aromatic heterocycles. The van der Waals surface area contributed by atoms with Gasteiger partial charge in [0.2, 0.25) is 0 Å². The van der Waals surface area contributed by atoms with E-state index in [1.807, 2.05) is 6.92 Å². The Kier molecular flexibility index (Phi) is 6.28. The molecule has 0 rings (SSSR count). The first-order valence-corrected chi connectivity index (χ1v) is 3.92. The van der Waals surface area contributed by atoms with Crippen LogP contribution in [0.4, 0.5) is 0 Å². The summed E-state index contributed by atoms with van der Waals surface area (Å²) in [6.45, 7) is 4.55. The number of carbonyl (C=O) groups is 2. The maximum absolute atomic E-state index is 10.8. The van der Waals surface area contributed by atoms with E-state index in [0.29, 0.717) is 19.5 Å². The van der Waals surface area contributed by atoms with Gasteiger partial charge in [-0.3, -0.25) is 4.79 Å². The summed E-state index contributed by atoms with van der Waals surface area (Å²) in [5.74, 6) is -1.17. The molecular weight excluding hydrogens is 160 g/mol. The minimum Gasteiger partial charge on any atom is -0.463 e. The van der Waals surface area contributed by atoms with Gasteiger partial charge in [0.15, 0.2) is 0 Å². The summed E-state index contributed by atoms with van der Waals surface area (Å²) in [5, 5.41) is 0. The van der Waals surface area contributed by atoms with Crippen LogP contribution in [0.25, 0.3) is 0 Å². The standard InChI is InChI=1S/C8H14O4/c1-3-11-4-5-12-8(10)7(2)6-9/h6-7H,3-5H2,1-2H3. The van der Waals surface area contributed by atoms with Crippen LogP contribution >= 0.6 is 0 Å². The Morgan fingerprint density at radius 1 is 1.50 bits per heavy atom. The van der Waals surface area contributed by atoms with Gasteiger partial charge in [-0.1, -0.05) is 0 Å². The van der Waals surface area contributed by atoms with Crippen LogP contribution in [-0.2, 0) is 19.1 Å². The molecule has 0 saturated carbocycles. The fourth-order valence-electron chi connectivity index (χ4n) is 0.533. The Bertz CT molecular complexity index is 144. The summed E-state index contributed by atoms with van der Waals surface area (Å²) in [4.78, 5) is 20.9. The molecule has 0 heterocycles. The highest BCUT2D eigenvalue weighted by atomic mass is 16.6. The molecule has 70 valence electrons. The van der Waals surface area contributed by atoms with Gasteiger partial charge in [-0.2, -0.15) is 0 Å². The molecule has 0 aliphatic heterocycles. The Labute approximate surface area is 71.8 Å². The van der Waals surface area contributed by atoms with E-state index in [4.69, 9.17) is 9.47 Å². The van der Waals surface area contributed by atoms with Gasteiger partial charge >= 0.3 is 5.97 Å². The molecule has 0 aliphatic rings. The average molecular weight is 174 g/mol. The van der Waals surface area contributed by atoms with Crippen molar-refractivity contribution in [3.05, 3.63) is 0 Å². The van der Waals surface area contributed by atoms with Crippen molar-refractivity contribution in [1.82, 2.24) is 0 Å². The van der Waals surface area contributed by atoms with Crippen LogP contribution in [0.2, 0.25) is 0 Å². The monoisotopic (exact) mass is 174 g/mol. The molecule has 0 aromatic carbocycles. The third-order valence-electron chi connectivity index (χ3n) is 1.25. The number of hydrogen-bond acceptors (Lipinski definition) is 4. The second-order valence-corrected chi connectivity index (χ2v) is 2.29. The van der Waals surface area contributed by atoms with E-state index in [2.05, 4.69) is 0 Å². The zero-order valence-corrected chi connectivity index (χ0v) is 7.41. The summed E-state index contributed by atoms with van der Waals surface area (Å²) in [6, 6.07) is 0. The van der Waals surface area contributed by atoms with Gasteiger partial charge in [0.1, 0.15) is 18.8 Å². The predicted octanol–water partition coefficient (Wildman–Crippen LogP) is 0.401. The molecular formula is C8H14O4. The fraction of sp³-hybridized carbons (Fsp3) is 0.750. The molecule has 0 bridgehead atoms. The lowest BCUT2D eigenvalue weighted by Crippen LogP contribution is -2.18. The predicted molar refractivity (Wildman–Crippen MR) is 42.7 cm³/mol. The van der Waals surface area contributed by atoms with E-state index >= 15 is 0 Å². The van der Waals surface area contributed by atoms with E-state index in [0.717, 1.165) is 0 Å². The first kappa shape index (κ1) is 11.1. The lowest BCUT2D eigenvalue weighted by atomic mass is 10.2. The van der Waals surface area contributed by atoms with Crippen molar-refractivity contribution in [2.24, 2.45) is 5.92 Å². The van der Waals surface area contributed by atoms with E-state index in [1.165, 1.54) is 6.92 Å². The smallest absolute Gasteiger partial charge is 0.315 e. The molecule has 0 N–H and O–H groups in total. The van der Waals surface area contributed by atoms with Gasteiger partial charge in [-0.25, -0.2) is 0 Å². The molecule has 4 heteroatoms. The van der Waals surface area contributed by atoms with Crippen LogP contribution in [0.15, 0.2) is 0 Å². The molecule has 4 nitrogen and oxygen atoms in total. The third-order valence-corrected chi connectivity index (χ3v) is 1.25. The average Bonchev–Trinajstić information content (AvgIpc) is 2.10. The van der Waals surface area contributed by atoms with Crippen LogP contribution in [0.3, 0.4) is 0 Å². The van der Waals surface area contributed by atoms with Crippen LogP contribution in [-0.4, -0.2) is 32.1 Å². The Balaban J connectivity index is 3.37. The molecule has 0 saturated heterocycles. The van der Waals surface area contributed by atoms with E-state index < -0.39 is 11.9 Å². The van der Waals surface area contributed by atoms with Crippen molar-refractivity contribution in [1.29, 1.82) is 0 Å². The number of esters is 1. The molecule has 1 atom stereocenters. The highest BCUT2D eigenvalue weighted by Gasteiger charge is 2.11. The summed E-state index contributed by atoms with van der Waals surface area (Å²) in [7, 11) is 0. The quantitative estimate of drug-likeness (QED) is 0.253. The van der Waals surface area contributed by atoms with Crippen molar-refractivity contribution in [2.75, 3.05) is 19.8 Å². The van der Waals surface area contributed by atoms with Crippen LogP contribution in [0, 0.1) is 5.92 Å².